The van der Waals surface area contributed by atoms with E-state index in [0.717, 1.165) is 11.3 Å². The second-order valence-electron chi connectivity index (χ2n) is 2.21. The van der Waals surface area contributed by atoms with Crippen molar-refractivity contribution in [2.75, 3.05) is 7.11 Å². The Morgan fingerprint density at radius 2 is 2.00 bits per heavy atom. The summed E-state index contributed by atoms with van der Waals surface area (Å²) in [5.74, 6) is 0.799. The van der Waals surface area contributed by atoms with Crippen LogP contribution in [0, 0.1) is 6.67 Å². The standard InChI is InChI=1S/C9H10FO/c1-11-9-4-2-8(3-5-9)6-7-10/h2-5,7H,6H2,1H3. The lowest BCUT2D eigenvalue weighted by Crippen LogP contribution is -1.84. The van der Waals surface area contributed by atoms with Crippen LogP contribution < -0.4 is 4.74 Å². The van der Waals surface area contributed by atoms with Gasteiger partial charge in [-0.25, -0.2) is 4.39 Å². The van der Waals surface area contributed by atoms with Gasteiger partial charge < -0.3 is 4.74 Å². The maximum Gasteiger partial charge on any atom is 0.135 e. The van der Waals surface area contributed by atoms with E-state index in [2.05, 4.69) is 0 Å². The molecule has 0 heterocycles. The van der Waals surface area contributed by atoms with Gasteiger partial charge in [0.2, 0.25) is 0 Å². The highest BCUT2D eigenvalue weighted by Crippen LogP contribution is 2.12. The average Bonchev–Trinajstić information content (AvgIpc) is 2.07. The number of benzene rings is 1. The Hall–Kier alpha value is -1.05. The molecular weight excluding hydrogens is 143 g/mol. The van der Waals surface area contributed by atoms with Crippen molar-refractivity contribution in [2.45, 2.75) is 6.42 Å². The van der Waals surface area contributed by atoms with E-state index < -0.39 is 0 Å². The average molecular weight is 153 g/mol. The van der Waals surface area contributed by atoms with Crippen LogP contribution in [-0.4, -0.2) is 7.11 Å². The number of halogens is 1. The first kappa shape index (κ1) is 8.05. The van der Waals surface area contributed by atoms with Crippen LogP contribution >= 0.6 is 0 Å². The topological polar surface area (TPSA) is 9.23 Å². The molecule has 1 nitrogen and oxygen atoms in total. The van der Waals surface area contributed by atoms with Crippen LogP contribution in [0.1, 0.15) is 5.56 Å². The smallest absolute Gasteiger partial charge is 0.135 e. The Balaban J connectivity index is 2.66. The van der Waals surface area contributed by atoms with Gasteiger partial charge >= 0.3 is 0 Å². The van der Waals surface area contributed by atoms with Crippen LogP contribution in [-0.2, 0) is 6.42 Å². The zero-order valence-electron chi connectivity index (χ0n) is 6.38. The summed E-state index contributed by atoms with van der Waals surface area (Å²) < 4.78 is 16.6. The maximum absolute atomic E-state index is 11.7. The highest BCUT2D eigenvalue weighted by molar-refractivity contribution is 5.27. The molecule has 0 N–H and O–H groups in total. The van der Waals surface area contributed by atoms with Crippen LogP contribution in [0.3, 0.4) is 0 Å². The van der Waals surface area contributed by atoms with Crippen LogP contribution in [0.5, 0.6) is 5.75 Å². The summed E-state index contributed by atoms with van der Waals surface area (Å²) in [6.45, 7) is 0.641. The van der Waals surface area contributed by atoms with Gasteiger partial charge in [-0.1, -0.05) is 12.1 Å². The third-order valence-electron chi connectivity index (χ3n) is 1.47. The van der Waals surface area contributed by atoms with E-state index in [9.17, 15) is 4.39 Å². The van der Waals surface area contributed by atoms with Gasteiger partial charge in [0.25, 0.3) is 0 Å². The first-order valence-electron chi connectivity index (χ1n) is 3.41. The third-order valence-corrected chi connectivity index (χ3v) is 1.47. The molecule has 0 unspecified atom stereocenters. The molecule has 1 rings (SSSR count). The molecule has 0 aliphatic heterocycles. The van der Waals surface area contributed by atoms with Crippen molar-refractivity contribution in [3.05, 3.63) is 36.5 Å². The van der Waals surface area contributed by atoms with Crippen molar-refractivity contribution in [1.29, 1.82) is 0 Å². The third kappa shape index (κ3) is 2.22. The predicted molar refractivity (Wildman–Crippen MR) is 42.1 cm³/mol. The molecule has 2 heteroatoms. The minimum Gasteiger partial charge on any atom is -0.497 e. The first-order chi connectivity index (χ1) is 5.36. The van der Waals surface area contributed by atoms with Gasteiger partial charge in [0.05, 0.1) is 7.11 Å². The highest BCUT2D eigenvalue weighted by Gasteiger charge is 1.92. The highest BCUT2D eigenvalue weighted by atomic mass is 19.1. The Morgan fingerprint density at radius 1 is 1.36 bits per heavy atom. The molecular formula is C9H10FO. The van der Waals surface area contributed by atoms with E-state index in [1.165, 1.54) is 0 Å². The molecule has 59 valence electrons. The van der Waals surface area contributed by atoms with E-state index in [4.69, 9.17) is 4.74 Å². The van der Waals surface area contributed by atoms with Crippen molar-refractivity contribution in [2.24, 2.45) is 0 Å². The number of hydrogen-bond donors (Lipinski definition) is 0. The predicted octanol–water partition coefficient (Wildman–Crippen LogP) is 2.37. The van der Waals surface area contributed by atoms with Crippen LogP contribution in [0.25, 0.3) is 0 Å². The van der Waals surface area contributed by atoms with Gasteiger partial charge in [-0.2, -0.15) is 0 Å². The molecule has 0 spiro atoms. The second-order valence-corrected chi connectivity index (χ2v) is 2.21. The molecule has 0 fully saturated rings. The quantitative estimate of drug-likeness (QED) is 0.647. The summed E-state index contributed by atoms with van der Waals surface area (Å²) in [5, 5.41) is 0. The Bertz CT molecular complexity index is 205. The van der Waals surface area contributed by atoms with E-state index in [1.54, 1.807) is 7.11 Å². The number of methoxy groups -OCH3 is 1. The number of ether oxygens (including phenoxy) is 1. The zero-order valence-corrected chi connectivity index (χ0v) is 6.38. The summed E-state index contributed by atoms with van der Waals surface area (Å²) in [4.78, 5) is 0. The van der Waals surface area contributed by atoms with Gasteiger partial charge in [-0.3, -0.25) is 0 Å². The lowest BCUT2D eigenvalue weighted by molar-refractivity contribution is 0.414. The van der Waals surface area contributed by atoms with Crippen LogP contribution in [0.15, 0.2) is 24.3 Å². The van der Waals surface area contributed by atoms with Gasteiger partial charge in [0.15, 0.2) is 0 Å². The molecule has 11 heavy (non-hydrogen) atoms. The van der Waals surface area contributed by atoms with Gasteiger partial charge in [0.1, 0.15) is 12.4 Å². The van der Waals surface area contributed by atoms with E-state index in [0.29, 0.717) is 13.1 Å². The fourth-order valence-electron chi connectivity index (χ4n) is 0.851. The van der Waals surface area contributed by atoms with E-state index >= 15 is 0 Å². The number of hydrogen-bond acceptors (Lipinski definition) is 1. The van der Waals surface area contributed by atoms with Crippen LogP contribution in [0.4, 0.5) is 4.39 Å². The number of rotatable bonds is 3. The summed E-state index contributed by atoms with van der Waals surface area (Å²) in [7, 11) is 1.61. The zero-order chi connectivity index (χ0) is 8.10. The second kappa shape index (κ2) is 3.96. The molecule has 0 saturated heterocycles. The summed E-state index contributed by atoms with van der Waals surface area (Å²) >= 11 is 0. The van der Waals surface area contributed by atoms with Crippen molar-refractivity contribution in [3.8, 4) is 5.75 Å². The Kier molecular flexibility index (Phi) is 2.90. The van der Waals surface area contributed by atoms with Crippen molar-refractivity contribution >= 4 is 0 Å². The molecule has 1 aromatic carbocycles. The van der Waals surface area contributed by atoms with E-state index in [-0.39, 0.29) is 0 Å². The summed E-state index contributed by atoms with van der Waals surface area (Å²) in [5.41, 5.74) is 0.952. The molecule has 0 aliphatic carbocycles. The van der Waals surface area contributed by atoms with Crippen LogP contribution in [0.2, 0.25) is 0 Å². The molecule has 1 radical (unpaired) electrons. The van der Waals surface area contributed by atoms with Crippen molar-refractivity contribution < 1.29 is 9.13 Å². The Morgan fingerprint density at radius 3 is 2.45 bits per heavy atom. The van der Waals surface area contributed by atoms with Gasteiger partial charge in [-0.15, -0.1) is 0 Å². The summed E-state index contributed by atoms with van der Waals surface area (Å²) in [6, 6.07) is 7.32. The minimum atomic E-state index is 0.365. The largest absolute Gasteiger partial charge is 0.497 e. The van der Waals surface area contributed by atoms with Gasteiger partial charge in [-0.05, 0) is 17.7 Å². The summed E-state index contributed by atoms with van der Waals surface area (Å²) in [6.07, 6.45) is 0.365. The fraction of sp³-hybridized carbons (Fsp3) is 0.222. The van der Waals surface area contributed by atoms with Gasteiger partial charge in [0, 0.05) is 6.42 Å². The molecule has 0 saturated carbocycles. The van der Waals surface area contributed by atoms with Crippen molar-refractivity contribution in [1.82, 2.24) is 0 Å². The lowest BCUT2D eigenvalue weighted by Gasteiger charge is -1.99. The lowest BCUT2D eigenvalue weighted by atomic mass is 10.2. The normalized spacial score (nSPS) is 9.64. The molecule has 0 amide bonds. The minimum absolute atomic E-state index is 0.365. The van der Waals surface area contributed by atoms with Crippen molar-refractivity contribution in [3.63, 3.8) is 0 Å². The molecule has 0 aromatic heterocycles. The molecule has 0 atom stereocenters. The SMILES string of the molecule is COc1ccc(C[CH]F)cc1. The Labute approximate surface area is 65.8 Å². The molecule has 0 aliphatic rings. The maximum atomic E-state index is 11.7. The monoisotopic (exact) mass is 153 g/mol. The molecule has 0 bridgehead atoms. The van der Waals surface area contributed by atoms with E-state index in [1.807, 2.05) is 24.3 Å². The molecule has 1 aromatic rings. The fourth-order valence-corrected chi connectivity index (χ4v) is 0.851. The first-order valence-corrected chi connectivity index (χ1v) is 3.41.